The van der Waals surface area contributed by atoms with Gasteiger partial charge in [0, 0.05) is 18.3 Å². The predicted octanol–water partition coefficient (Wildman–Crippen LogP) is 3.95. The molecule has 0 saturated heterocycles. The second-order valence-electron chi connectivity index (χ2n) is 7.92. The van der Waals surface area contributed by atoms with Crippen molar-refractivity contribution in [1.82, 2.24) is 20.6 Å². The SMILES string of the molecule is CCCCCC(C)(O)C=CC1C=CC(=O)C1CCCCCCc1nnn[nH]1. The van der Waals surface area contributed by atoms with Crippen LogP contribution in [0.3, 0.4) is 0 Å². The lowest BCUT2D eigenvalue weighted by Crippen LogP contribution is -2.22. The molecule has 1 aromatic rings. The zero-order valence-electron chi connectivity index (χ0n) is 16.7. The number of H-pyrrole nitrogens is 1. The van der Waals surface area contributed by atoms with Crippen LogP contribution in [0.4, 0.5) is 0 Å². The lowest BCUT2D eigenvalue weighted by molar-refractivity contribution is -0.118. The number of nitrogens with one attached hydrogen (secondary N) is 1. The smallest absolute Gasteiger partial charge is 0.159 e. The Bertz CT molecular complexity index is 608. The maximum atomic E-state index is 12.2. The summed E-state index contributed by atoms with van der Waals surface area (Å²) in [7, 11) is 0. The molecule has 0 aromatic carbocycles. The lowest BCUT2D eigenvalue weighted by atomic mass is 9.87. The van der Waals surface area contributed by atoms with Gasteiger partial charge in [-0.2, -0.15) is 0 Å². The third-order valence-electron chi connectivity index (χ3n) is 5.34. The van der Waals surface area contributed by atoms with E-state index in [1.165, 1.54) is 0 Å². The fraction of sp³-hybridized carbons (Fsp3) is 0.714. The van der Waals surface area contributed by atoms with Gasteiger partial charge in [0.15, 0.2) is 5.78 Å². The number of carbonyl (C=O) groups excluding carboxylic acids is 1. The van der Waals surface area contributed by atoms with Gasteiger partial charge in [0.2, 0.25) is 0 Å². The zero-order valence-corrected chi connectivity index (χ0v) is 16.7. The number of aryl methyl sites for hydroxylation is 1. The molecule has 150 valence electrons. The minimum Gasteiger partial charge on any atom is -0.386 e. The molecule has 27 heavy (non-hydrogen) atoms. The summed E-state index contributed by atoms with van der Waals surface area (Å²) in [6.45, 7) is 4.02. The van der Waals surface area contributed by atoms with Crippen molar-refractivity contribution >= 4 is 5.78 Å². The van der Waals surface area contributed by atoms with Gasteiger partial charge in [-0.05, 0) is 42.7 Å². The van der Waals surface area contributed by atoms with Crippen LogP contribution < -0.4 is 0 Å². The fourth-order valence-corrected chi connectivity index (χ4v) is 3.62. The molecule has 0 radical (unpaired) electrons. The number of unbranched alkanes of at least 4 members (excludes halogenated alkanes) is 5. The molecule has 0 fully saturated rings. The van der Waals surface area contributed by atoms with Gasteiger partial charge in [0.05, 0.1) is 5.60 Å². The van der Waals surface area contributed by atoms with E-state index in [9.17, 15) is 9.90 Å². The van der Waals surface area contributed by atoms with E-state index in [-0.39, 0.29) is 17.6 Å². The van der Waals surface area contributed by atoms with Crippen LogP contribution in [0.25, 0.3) is 0 Å². The van der Waals surface area contributed by atoms with Gasteiger partial charge in [-0.3, -0.25) is 4.79 Å². The van der Waals surface area contributed by atoms with Crippen molar-refractivity contribution in [1.29, 1.82) is 0 Å². The topological polar surface area (TPSA) is 91.8 Å². The van der Waals surface area contributed by atoms with Crippen LogP contribution >= 0.6 is 0 Å². The zero-order chi connectivity index (χ0) is 19.5. The van der Waals surface area contributed by atoms with Gasteiger partial charge in [-0.25, -0.2) is 5.10 Å². The molecule has 0 aliphatic heterocycles. The van der Waals surface area contributed by atoms with Gasteiger partial charge >= 0.3 is 0 Å². The van der Waals surface area contributed by atoms with E-state index in [0.717, 1.165) is 70.0 Å². The highest BCUT2D eigenvalue weighted by Crippen LogP contribution is 2.30. The predicted molar refractivity (Wildman–Crippen MR) is 106 cm³/mol. The Labute approximate surface area is 162 Å². The van der Waals surface area contributed by atoms with Crippen LogP contribution in [0, 0.1) is 11.8 Å². The fourth-order valence-electron chi connectivity index (χ4n) is 3.62. The molecule has 2 rings (SSSR count). The largest absolute Gasteiger partial charge is 0.386 e. The number of aromatic amines is 1. The average molecular weight is 375 g/mol. The van der Waals surface area contributed by atoms with Crippen molar-refractivity contribution in [2.24, 2.45) is 11.8 Å². The standard InChI is InChI=1S/C21H34N4O2/c1-3-4-9-15-21(2,27)16-14-17-12-13-19(26)18(17)10-7-5-6-8-11-20-22-24-25-23-20/h12-14,16-18,27H,3-11,15H2,1-2H3,(H,22,23,24,25). The quantitative estimate of drug-likeness (QED) is 0.403. The molecule has 1 heterocycles. The van der Waals surface area contributed by atoms with Gasteiger partial charge < -0.3 is 5.11 Å². The summed E-state index contributed by atoms with van der Waals surface area (Å²) in [6, 6.07) is 0. The van der Waals surface area contributed by atoms with Crippen LogP contribution in [0.2, 0.25) is 0 Å². The van der Waals surface area contributed by atoms with Crippen molar-refractivity contribution < 1.29 is 9.90 Å². The molecule has 2 N–H and O–H groups in total. The molecule has 1 aliphatic rings. The second-order valence-corrected chi connectivity index (χ2v) is 7.92. The van der Waals surface area contributed by atoms with E-state index in [2.05, 4.69) is 27.5 Å². The minimum atomic E-state index is -0.783. The van der Waals surface area contributed by atoms with E-state index < -0.39 is 5.60 Å². The molecular formula is C21H34N4O2. The molecule has 0 bridgehead atoms. The molecule has 0 spiro atoms. The van der Waals surface area contributed by atoms with Crippen molar-refractivity contribution in [3.05, 3.63) is 30.1 Å². The number of carbonyl (C=O) groups is 1. The van der Waals surface area contributed by atoms with Crippen LogP contribution in [0.5, 0.6) is 0 Å². The Kier molecular flexibility index (Phi) is 8.85. The first-order chi connectivity index (χ1) is 13.0. The summed E-state index contributed by atoms with van der Waals surface area (Å²) in [4.78, 5) is 12.2. The summed E-state index contributed by atoms with van der Waals surface area (Å²) in [5, 5.41) is 24.3. The van der Waals surface area contributed by atoms with Crippen molar-refractivity contribution in [2.75, 3.05) is 0 Å². The van der Waals surface area contributed by atoms with E-state index in [1.807, 2.05) is 25.2 Å². The number of aliphatic hydroxyl groups is 1. The Morgan fingerprint density at radius 2 is 2.04 bits per heavy atom. The number of tetrazole rings is 1. The Morgan fingerprint density at radius 3 is 2.78 bits per heavy atom. The Balaban J connectivity index is 1.69. The number of hydrogen-bond donors (Lipinski definition) is 2. The highest BCUT2D eigenvalue weighted by atomic mass is 16.3. The number of ketones is 1. The number of hydrogen-bond acceptors (Lipinski definition) is 5. The van der Waals surface area contributed by atoms with Crippen LogP contribution in [-0.2, 0) is 11.2 Å². The maximum Gasteiger partial charge on any atom is 0.159 e. The summed E-state index contributed by atoms with van der Waals surface area (Å²) in [5.74, 6) is 1.21. The highest BCUT2D eigenvalue weighted by molar-refractivity contribution is 5.94. The number of allylic oxidation sites excluding steroid dienone is 3. The van der Waals surface area contributed by atoms with E-state index in [4.69, 9.17) is 0 Å². The first-order valence-electron chi connectivity index (χ1n) is 10.4. The molecule has 1 aliphatic carbocycles. The highest BCUT2D eigenvalue weighted by Gasteiger charge is 2.28. The van der Waals surface area contributed by atoms with Gasteiger partial charge in [-0.15, -0.1) is 5.10 Å². The molecule has 3 atom stereocenters. The van der Waals surface area contributed by atoms with Crippen LogP contribution in [0.1, 0.15) is 77.5 Å². The molecule has 0 amide bonds. The van der Waals surface area contributed by atoms with E-state index in [1.54, 1.807) is 6.08 Å². The Hall–Kier alpha value is -1.82. The first-order valence-corrected chi connectivity index (χ1v) is 10.4. The number of nitrogens with zero attached hydrogens (tertiary/aromatic N) is 3. The first kappa shape index (κ1) is 21.5. The molecule has 3 unspecified atom stereocenters. The lowest BCUT2D eigenvalue weighted by Gasteiger charge is -2.21. The summed E-state index contributed by atoms with van der Waals surface area (Å²) in [6.07, 6.45) is 17.8. The maximum absolute atomic E-state index is 12.2. The van der Waals surface area contributed by atoms with Gasteiger partial charge in [0.25, 0.3) is 0 Å². The van der Waals surface area contributed by atoms with Crippen molar-refractivity contribution in [2.45, 2.75) is 83.7 Å². The van der Waals surface area contributed by atoms with Crippen molar-refractivity contribution in [3.63, 3.8) is 0 Å². The summed E-state index contributed by atoms with van der Waals surface area (Å²) in [5.41, 5.74) is -0.783. The number of rotatable bonds is 13. The average Bonchev–Trinajstić information content (AvgIpc) is 3.27. The van der Waals surface area contributed by atoms with Gasteiger partial charge in [-0.1, -0.05) is 63.7 Å². The number of aromatic nitrogens is 4. The van der Waals surface area contributed by atoms with E-state index >= 15 is 0 Å². The van der Waals surface area contributed by atoms with Crippen LogP contribution in [-0.4, -0.2) is 37.1 Å². The molecule has 6 heteroatoms. The third-order valence-corrected chi connectivity index (χ3v) is 5.34. The van der Waals surface area contributed by atoms with Crippen LogP contribution in [0.15, 0.2) is 24.3 Å². The molecule has 6 nitrogen and oxygen atoms in total. The Morgan fingerprint density at radius 1 is 1.22 bits per heavy atom. The summed E-state index contributed by atoms with van der Waals surface area (Å²) >= 11 is 0. The molecule has 0 saturated carbocycles. The molecular weight excluding hydrogens is 340 g/mol. The monoisotopic (exact) mass is 374 g/mol. The second kappa shape index (κ2) is 11.1. The van der Waals surface area contributed by atoms with E-state index in [0.29, 0.717) is 0 Å². The molecule has 1 aromatic heterocycles. The normalized spacial score (nSPS) is 22.0. The van der Waals surface area contributed by atoms with Crippen molar-refractivity contribution in [3.8, 4) is 0 Å². The summed E-state index contributed by atoms with van der Waals surface area (Å²) < 4.78 is 0. The minimum absolute atomic E-state index is 0.0335. The third kappa shape index (κ3) is 7.75. The van der Waals surface area contributed by atoms with Gasteiger partial charge in [0.1, 0.15) is 5.82 Å².